The second-order valence-electron chi connectivity index (χ2n) is 6.83. The summed E-state index contributed by atoms with van der Waals surface area (Å²) >= 11 is 0. The van der Waals surface area contributed by atoms with Gasteiger partial charge in [-0.1, -0.05) is 19.9 Å². The fourth-order valence-electron chi connectivity index (χ4n) is 3.19. The van der Waals surface area contributed by atoms with Gasteiger partial charge in [0.1, 0.15) is 0 Å². The van der Waals surface area contributed by atoms with Gasteiger partial charge in [0.25, 0.3) is 0 Å². The minimum absolute atomic E-state index is 0.122. The molecule has 0 bridgehead atoms. The summed E-state index contributed by atoms with van der Waals surface area (Å²) in [4.78, 5) is 12.4. The lowest BCUT2D eigenvalue weighted by Gasteiger charge is -2.28. The maximum Gasteiger partial charge on any atom is 0.315 e. The molecule has 1 saturated carbocycles. The second-order valence-corrected chi connectivity index (χ2v) is 6.83. The summed E-state index contributed by atoms with van der Waals surface area (Å²) in [7, 11) is 0. The van der Waals surface area contributed by atoms with E-state index >= 15 is 0 Å². The molecule has 1 fully saturated rings. The van der Waals surface area contributed by atoms with Gasteiger partial charge in [0.15, 0.2) is 11.5 Å². The van der Waals surface area contributed by atoms with Crippen molar-refractivity contribution in [1.82, 2.24) is 25.2 Å². The largest absolute Gasteiger partial charge is 0.393 e. The lowest BCUT2D eigenvalue weighted by atomic mass is 9.93. The molecule has 2 aromatic heterocycles. The van der Waals surface area contributed by atoms with Crippen LogP contribution in [0.1, 0.15) is 51.4 Å². The molecule has 2 aromatic rings. The van der Waals surface area contributed by atoms with Gasteiger partial charge in [-0.25, -0.2) is 4.79 Å². The van der Waals surface area contributed by atoms with Crippen LogP contribution in [0.5, 0.6) is 0 Å². The van der Waals surface area contributed by atoms with E-state index < -0.39 is 0 Å². The number of rotatable bonds is 4. The van der Waals surface area contributed by atoms with Gasteiger partial charge in [0.2, 0.25) is 0 Å². The van der Waals surface area contributed by atoms with Crippen molar-refractivity contribution in [3.63, 3.8) is 0 Å². The van der Waals surface area contributed by atoms with Crippen LogP contribution in [0.4, 0.5) is 4.79 Å². The molecule has 24 heavy (non-hydrogen) atoms. The summed E-state index contributed by atoms with van der Waals surface area (Å²) in [6.07, 6.45) is 4.80. The minimum Gasteiger partial charge on any atom is -0.393 e. The molecule has 130 valence electrons. The van der Waals surface area contributed by atoms with Gasteiger partial charge in [0.05, 0.1) is 12.1 Å². The molecule has 7 nitrogen and oxygen atoms in total. The molecule has 1 unspecified atom stereocenters. The van der Waals surface area contributed by atoms with Crippen LogP contribution >= 0.6 is 0 Å². The van der Waals surface area contributed by atoms with Crippen LogP contribution in [0.25, 0.3) is 5.65 Å². The Hall–Kier alpha value is -2.15. The molecule has 2 heterocycles. The summed E-state index contributed by atoms with van der Waals surface area (Å²) in [6, 6.07) is 5.43. The van der Waals surface area contributed by atoms with E-state index in [1.807, 2.05) is 42.6 Å². The van der Waals surface area contributed by atoms with Gasteiger partial charge in [-0.3, -0.25) is 4.40 Å². The highest BCUT2D eigenvalue weighted by Crippen LogP contribution is 2.21. The number of hydrogen-bond acceptors (Lipinski definition) is 4. The van der Waals surface area contributed by atoms with E-state index in [0.29, 0.717) is 0 Å². The van der Waals surface area contributed by atoms with Gasteiger partial charge in [0, 0.05) is 12.2 Å². The quantitative estimate of drug-likeness (QED) is 0.799. The first-order valence-corrected chi connectivity index (χ1v) is 8.59. The first-order valence-electron chi connectivity index (χ1n) is 8.59. The maximum atomic E-state index is 12.4. The van der Waals surface area contributed by atoms with Crippen molar-refractivity contribution in [2.24, 2.45) is 5.92 Å². The van der Waals surface area contributed by atoms with E-state index in [2.05, 4.69) is 20.8 Å². The van der Waals surface area contributed by atoms with Crippen molar-refractivity contribution in [2.45, 2.75) is 57.7 Å². The monoisotopic (exact) mass is 331 g/mol. The first kappa shape index (κ1) is 16.7. The summed E-state index contributed by atoms with van der Waals surface area (Å²) < 4.78 is 1.90. The van der Waals surface area contributed by atoms with Crippen molar-refractivity contribution in [1.29, 1.82) is 0 Å². The van der Waals surface area contributed by atoms with Crippen LogP contribution < -0.4 is 10.6 Å². The van der Waals surface area contributed by atoms with Crippen LogP contribution in [0.2, 0.25) is 0 Å². The van der Waals surface area contributed by atoms with Crippen LogP contribution in [-0.2, 0) is 0 Å². The number of carbonyl (C=O) groups is 1. The van der Waals surface area contributed by atoms with E-state index in [0.717, 1.165) is 37.2 Å². The van der Waals surface area contributed by atoms with E-state index in [1.165, 1.54) is 0 Å². The Morgan fingerprint density at radius 1 is 1.25 bits per heavy atom. The molecule has 7 heteroatoms. The van der Waals surface area contributed by atoms with Gasteiger partial charge in [-0.15, -0.1) is 10.2 Å². The number of aliphatic hydroxyl groups excluding tert-OH is 1. The van der Waals surface area contributed by atoms with Crippen molar-refractivity contribution in [3.8, 4) is 0 Å². The number of hydrogen-bond donors (Lipinski definition) is 3. The third kappa shape index (κ3) is 3.67. The molecule has 0 spiro atoms. The summed E-state index contributed by atoms with van der Waals surface area (Å²) in [5, 5.41) is 24.0. The number of nitrogens with zero attached hydrogens (tertiary/aromatic N) is 3. The van der Waals surface area contributed by atoms with E-state index in [-0.39, 0.29) is 30.1 Å². The molecule has 3 N–H and O–H groups in total. The minimum atomic E-state index is -0.225. The Balaban J connectivity index is 1.69. The Bertz CT molecular complexity index is 691. The van der Waals surface area contributed by atoms with Crippen molar-refractivity contribution in [2.75, 3.05) is 0 Å². The van der Waals surface area contributed by atoms with Crippen LogP contribution in [-0.4, -0.2) is 37.9 Å². The van der Waals surface area contributed by atoms with Gasteiger partial charge in [-0.05, 0) is 43.7 Å². The molecule has 0 aromatic carbocycles. The van der Waals surface area contributed by atoms with Crippen molar-refractivity contribution >= 4 is 11.7 Å². The number of pyridine rings is 1. The third-order valence-electron chi connectivity index (χ3n) is 4.60. The van der Waals surface area contributed by atoms with E-state index in [1.54, 1.807) is 0 Å². The second kappa shape index (κ2) is 7.17. The molecule has 2 amide bonds. The molecule has 1 aliphatic carbocycles. The highest BCUT2D eigenvalue weighted by atomic mass is 16.3. The molecule has 0 radical (unpaired) electrons. The zero-order chi connectivity index (χ0) is 17.1. The highest BCUT2D eigenvalue weighted by Gasteiger charge is 2.26. The summed E-state index contributed by atoms with van der Waals surface area (Å²) in [6.45, 7) is 4.10. The summed E-state index contributed by atoms with van der Waals surface area (Å²) in [5.41, 5.74) is 0.765. The van der Waals surface area contributed by atoms with Gasteiger partial charge < -0.3 is 15.7 Å². The molecule has 0 saturated heterocycles. The van der Waals surface area contributed by atoms with Gasteiger partial charge in [-0.2, -0.15) is 0 Å². The average molecular weight is 331 g/mol. The zero-order valence-electron chi connectivity index (χ0n) is 14.1. The first-order chi connectivity index (χ1) is 11.5. The lowest BCUT2D eigenvalue weighted by Crippen LogP contribution is -2.46. The van der Waals surface area contributed by atoms with Crippen LogP contribution in [0.15, 0.2) is 24.4 Å². The molecule has 1 aliphatic rings. The summed E-state index contributed by atoms with van der Waals surface area (Å²) in [5.74, 6) is 0.909. The molecule has 1 atom stereocenters. The van der Waals surface area contributed by atoms with Crippen LogP contribution in [0.3, 0.4) is 0 Å². The van der Waals surface area contributed by atoms with Crippen molar-refractivity contribution in [3.05, 3.63) is 30.2 Å². The number of aromatic nitrogens is 3. The van der Waals surface area contributed by atoms with Crippen LogP contribution in [0, 0.1) is 5.92 Å². The standard InChI is InChI=1S/C17H25N5O2/c1-11(2)15(16-21-20-14-5-3-4-10-22(14)16)19-17(24)18-12-6-8-13(23)9-7-12/h3-5,10-13,15,23H,6-9H2,1-2H3,(H2,18,19,24). The predicted molar refractivity (Wildman–Crippen MR) is 90.5 cm³/mol. The molecular formula is C17H25N5O2. The lowest BCUT2D eigenvalue weighted by molar-refractivity contribution is 0.117. The van der Waals surface area contributed by atoms with Crippen molar-refractivity contribution < 1.29 is 9.90 Å². The molecular weight excluding hydrogens is 306 g/mol. The Labute approximate surface area is 141 Å². The normalized spacial score (nSPS) is 22.5. The Morgan fingerprint density at radius 3 is 2.71 bits per heavy atom. The molecule has 3 rings (SSSR count). The van der Waals surface area contributed by atoms with E-state index in [4.69, 9.17) is 0 Å². The maximum absolute atomic E-state index is 12.4. The predicted octanol–water partition coefficient (Wildman–Crippen LogP) is 2.03. The average Bonchev–Trinajstić information content (AvgIpc) is 2.98. The van der Waals surface area contributed by atoms with Gasteiger partial charge >= 0.3 is 6.03 Å². The van der Waals surface area contributed by atoms with E-state index in [9.17, 15) is 9.90 Å². The topological polar surface area (TPSA) is 91.5 Å². The third-order valence-corrected chi connectivity index (χ3v) is 4.60. The number of amides is 2. The Kier molecular flexibility index (Phi) is 4.99. The smallest absolute Gasteiger partial charge is 0.315 e. The SMILES string of the molecule is CC(C)C(NC(=O)NC1CCC(O)CC1)c1nnc2ccccn12. The fraction of sp³-hybridized carbons (Fsp3) is 0.588. The number of urea groups is 1. The zero-order valence-corrected chi connectivity index (χ0v) is 14.1. The molecule has 0 aliphatic heterocycles. The Morgan fingerprint density at radius 2 is 2.00 bits per heavy atom. The highest BCUT2D eigenvalue weighted by molar-refractivity contribution is 5.74. The number of fused-ring (bicyclic) bond motifs is 1. The number of nitrogens with one attached hydrogen (secondary N) is 2. The fourth-order valence-corrected chi connectivity index (χ4v) is 3.19. The number of carbonyl (C=O) groups excluding carboxylic acids is 1. The number of aliphatic hydroxyl groups is 1.